The first-order valence-electron chi connectivity index (χ1n) is 7.29. The van der Waals surface area contributed by atoms with E-state index < -0.39 is 17.1 Å². The van der Waals surface area contributed by atoms with E-state index in [9.17, 15) is 14.4 Å². The number of carbonyl (C=O) groups excluding carboxylic acids is 3. The second-order valence-electron chi connectivity index (χ2n) is 5.29. The Morgan fingerprint density at radius 3 is 2.60 bits per heavy atom. The Hall–Kier alpha value is -2.09. The van der Waals surface area contributed by atoms with Crippen LogP contribution in [-0.4, -0.2) is 28.5 Å². The van der Waals surface area contributed by atoms with Crippen LogP contribution in [0.3, 0.4) is 0 Å². The molecule has 0 bridgehead atoms. The highest BCUT2D eigenvalue weighted by atomic mass is 35.5. The van der Waals surface area contributed by atoms with E-state index in [4.69, 9.17) is 11.6 Å². The molecule has 2 aromatic rings. The lowest BCUT2D eigenvalue weighted by Gasteiger charge is -2.12. The zero-order valence-corrected chi connectivity index (χ0v) is 15.5. The molecule has 0 saturated carbocycles. The fourth-order valence-corrected chi connectivity index (χ4v) is 4.04. The lowest BCUT2D eigenvalue weighted by molar-refractivity contribution is -0.127. The van der Waals surface area contributed by atoms with Gasteiger partial charge >= 0.3 is 0 Å². The fraction of sp³-hybridized carbons (Fsp3) is 0.118. The van der Waals surface area contributed by atoms with Gasteiger partial charge in [-0.25, -0.2) is 0 Å². The van der Waals surface area contributed by atoms with Crippen molar-refractivity contribution in [2.75, 3.05) is 11.9 Å². The van der Waals surface area contributed by atoms with Crippen LogP contribution in [0.15, 0.2) is 40.6 Å². The third-order valence-electron chi connectivity index (χ3n) is 3.47. The van der Waals surface area contributed by atoms with Crippen molar-refractivity contribution in [1.82, 2.24) is 4.90 Å². The molecule has 1 aromatic heterocycles. The predicted octanol–water partition coefficient (Wildman–Crippen LogP) is 4.38. The van der Waals surface area contributed by atoms with Crippen molar-refractivity contribution in [3.63, 3.8) is 0 Å². The van der Waals surface area contributed by atoms with Crippen LogP contribution in [0.4, 0.5) is 10.5 Å². The number of benzene rings is 1. The van der Waals surface area contributed by atoms with Crippen LogP contribution in [0.2, 0.25) is 5.02 Å². The molecule has 25 heavy (non-hydrogen) atoms. The normalized spacial score (nSPS) is 15.9. The van der Waals surface area contributed by atoms with Gasteiger partial charge in [-0.05, 0) is 66.0 Å². The molecule has 1 aliphatic rings. The minimum absolute atomic E-state index is 0.325. The van der Waals surface area contributed by atoms with Gasteiger partial charge in [-0.1, -0.05) is 11.6 Å². The number of halogens is 1. The van der Waals surface area contributed by atoms with Gasteiger partial charge in [0.15, 0.2) is 0 Å². The summed E-state index contributed by atoms with van der Waals surface area (Å²) in [6, 6.07) is 8.52. The standard InChI is InChI=1S/C17H13ClN2O3S2/c1-10-6-7-24-13(10)8-14-16(22)20(17(23)25-14)9-15(21)19-12-4-2-11(18)3-5-12/h2-8H,9H2,1H3,(H,19,21)/b14-8+. The van der Waals surface area contributed by atoms with Gasteiger partial charge in [0.2, 0.25) is 5.91 Å². The van der Waals surface area contributed by atoms with Crippen LogP contribution in [0, 0.1) is 6.92 Å². The number of nitrogens with zero attached hydrogens (tertiary/aromatic N) is 1. The number of rotatable bonds is 4. The summed E-state index contributed by atoms with van der Waals surface area (Å²) < 4.78 is 0. The summed E-state index contributed by atoms with van der Waals surface area (Å²) in [5, 5.41) is 4.66. The van der Waals surface area contributed by atoms with Gasteiger partial charge in [0.05, 0.1) is 4.91 Å². The Bertz CT molecular complexity index is 874. The Morgan fingerprint density at radius 2 is 1.96 bits per heavy atom. The maximum absolute atomic E-state index is 12.4. The van der Waals surface area contributed by atoms with Crippen molar-refractivity contribution in [1.29, 1.82) is 0 Å². The summed E-state index contributed by atoms with van der Waals surface area (Å²) in [7, 11) is 0. The molecule has 0 radical (unpaired) electrons. The minimum Gasteiger partial charge on any atom is -0.325 e. The molecule has 0 atom stereocenters. The molecule has 0 unspecified atom stereocenters. The number of thioether (sulfide) groups is 1. The largest absolute Gasteiger partial charge is 0.325 e. The summed E-state index contributed by atoms with van der Waals surface area (Å²) in [5.74, 6) is -0.896. The Kier molecular flexibility index (Phi) is 5.27. The van der Waals surface area contributed by atoms with Crippen LogP contribution in [0.1, 0.15) is 10.4 Å². The molecule has 1 aromatic carbocycles. The highest BCUT2D eigenvalue weighted by Crippen LogP contribution is 2.33. The number of hydrogen-bond donors (Lipinski definition) is 1. The van der Waals surface area contributed by atoms with Crippen LogP contribution in [0.25, 0.3) is 6.08 Å². The SMILES string of the molecule is Cc1ccsc1/C=C1/SC(=O)N(CC(=O)Nc2ccc(Cl)cc2)C1=O. The minimum atomic E-state index is -0.450. The van der Waals surface area contributed by atoms with Crippen LogP contribution >= 0.6 is 34.7 Å². The lowest BCUT2D eigenvalue weighted by atomic mass is 10.2. The average Bonchev–Trinajstić information content (AvgIpc) is 3.08. The Balaban J connectivity index is 1.68. The predicted molar refractivity (Wildman–Crippen MR) is 102 cm³/mol. The van der Waals surface area contributed by atoms with E-state index >= 15 is 0 Å². The molecule has 128 valence electrons. The van der Waals surface area contributed by atoms with Gasteiger partial charge in [-0.3, -0.25) is 19.3 Å². The van der Waals surface area contributed by atoms with Gasteiger partial charge < -0.3 is 5.32 Å². The molecule has 3 amide bonds. The summed E-state index contributed by atoms with van der Waals surface area (Å²) in [6.45, 7) is 1.61. The maximum Gasteiger partial charge on any atom is 0.294 e. The molecule has 1 saturated heterocycles. The van der Waals surface area contributed by atoms with Crippen molar-refractivity contribution in [2.45, 2.75) is 6.92 Å². The molecular weight excluding hydrogens is 380 g/mol. The van der Waals surface area contributed by atoms with Gasteiger partial charge in [0.1, 0.15) is 6.54 Å². The summed E-state index contributed by atoms with van der Waals surface area (Å²) in [5.41, 5.74) is 1.59. The van der Waals surface area contributed by atoms with E-state index in [0.29, 0.717) is 15.6 Å². The average molecular weight is 393 g/mol. The zero-order valence-electron chi connectivity index (χ0n) is 13.1. The number of thiophene rings is 1. The molecule has 8 heteroatoms. The summed E-state index contributed by atoms with van der Waals surface area (Å²) >= 11 is 8.13. The molecule has 1 N–H and O–H groups in total. The molecule has 2 heterocycles. The van der Waals surface area contributed by atoms with Crippen LogP contribution in [-0.2, 0) is 9.59 Å². The third-order valence-corrected chi connectivity index (χ3v) is 5.59. The Labute approximate surface area is 157 Å². The number of imide groups is 1. The van der Waals surface area contributed by atoms with Crippen molar-refractivity contribution < 1.29 is 14.4 Å². The van der Waals surface area contributed by atoms with E-state index in [-0.39, 0.29) is 6.54 Å². The number of nitrogens with one attached hydrogen (secondary N) is 1. The molecule has 5 nitrogen and oxygen atoms in total. The zero-order chi connectivity index (χ0) is 18.0. The molecular formula is C17H13ClN2O3S2. The molecule has 1 fully saturated rings. The van der Waals surface area contributed by atoms with E-state index in [0.717, 1.165) is 27.1 Å². The van der Waals surface area contributed by atoms with Crippen LogP contribution < -0.4 is 5.32 Å². The maximum atomic E-state index is 12.4. The van der Waals surface area contributed by atoms with Gasteiger partial charge in [-0.15, -0.1) is 11.3 Å². The van der Waals surface area contributed by atoms with Crippen molar-refractivity contribution in [3.05, 3.63) is 56.1 Å². The quantitative estimate of drug-likeness (QED) is 0.784. The number of carbonyl (C=O) groups is 3. The number of anilines is 1. The number of hydrogen-bond acceptors (Lipinski definition) is 5. The van der Waals surface area contributed by atoms with Crippen molar-refractivity contribution in [3.8, 4) is 0 Å². The first kappa shape index (κ1) is 17.7. The summed E-state index contributed by atoms with van der Waals surface area (Å²) in [6.07, 6.45) is 1.70. The Morgan fingerprint density at radius 1 is 1.24 bits per heavy atom. The summed E-state index contributed by atoms with van der Waals surface area (Å²) in [4.78, 5) is 38.8. The number of amides is 3. The van der Waals surface area contributed by atoms with E-state index in [1.54, 1.807) is 30.3 Å². The van der Waals surface area contributed by atoms with E-state index in [1.165, 1.54) is 11.3 Å². The lowest BCUT2D eigenvalue weighted by Crippen LogP contribution is -2.36. The fourth-order valence-electron chi connectivity index (χ4n) is 2.17. The second kappa shape index (κ2) is 7.43. The number of aryl methyl sites for hydroxylation is 1. The topological polar surface area (TPSA) is 66.5 Å². The molecule has 1 aliphatic heterocycles. The first-order chi connectivity index (χ1) is 11.9. The molecule has 3 rings (SSSR count). The third kappa shape index (κ3) is 4.12. The van der Waals surface area contributed by atoms with Gasteiger partial charge in [-0.2, -0.15) is 0 Å². The van der Waals surface area contributed by atoms with Crippen molar-refractivity contribution in [2.24, 2.45) is 0 Å². The molecule has 0 aliphatic carbocycles. The van der Waals surface area contributed by atoms with E-state index in [1.807, 2.05) is 18.4 Å². The van der Waals surface area contributed by atoms with Gasteiger partial charge in [0.25, 0.3) is 11.1 Å². The highest BCUT2D eigenvalue weighted by molar-refractivity contribution is 8.18. The highest BCUT2D eigenvalue weighted by Gasteiger charge is 2.36. The first-order valence-corrected chi connectivity index (χ1v) is 9.36. The van der Waals surface area contributed by atoms with E-state index in [2.05, 4.69) is 5.32 Å². The van der Waals surface area contributed by atoms with Crippen LogP contribution in [0.5, 0.6) is 0 Å². The van der Waals surface area contributed by atoms with Gasteiger partial charge in [0, 0.05) is 15.6 Å². The second-order valence-corrected chi connectivity index (χ2v) is 7.67. The smallest absolute Gasteiger partial charge is 0.294 e. The monoisotopic (exact) mass is 392 g/mol. The molecule has 0 spiro atoms. The van der Waals surface area contributed by atoms with Crippen molar-refractivity contribution >= 4 is 63.5 Å².